The first kappa shape index (κ1) is 27.9. The van der Waals surface area contributed by atoms with Crippen molar-refractivity contribution in [3.63, 3.8) is 0 Å². The van der Waals surface area contributed by atoms with Crippen LogP contribution in [0.25, 0.3) is 19.6 Å². The fourth-order valence-electron chi connectivity index (χ4n) is 4.64. The standard InChI is InChI=1S/C34H20S8/c1-5-13-21(14-6-1)25-26(22-15-7-2-8-16-22)36-30-29(35-25)39-33(40-30)34-41-31-32(42-34)38-28(24-19-11-4-12-20-24)27(37-31)23-17-9-3-10-18-23/h1-20H. The first-order valence-electron chi connectivity index (χ1n) is 13.2. The van der Waals surface area contributed by atoms with Crippen LogP contribution < -0.4 is 0 Å². The number of hydrogen-bond donors (Lipinski definition) is 0. The van der Waals surface area contributed by atoms with Gasteiger partial charge in [-0.3, -0.25) is 0 Å². The van der Waals surface area contributed by atoms with E-state index in [-0.39, 0.29) is 0 Å². The fourth-order valence-corrected chi connectivity index (χ4v) is 17.0. The lowest BCUT2D eigenvalue weighted by atomic mass is 10.1. The first-order valence-corrected chi connectivity index (χ1v) is 19.7. The lowest BCUT2D eigenvalue weighted by Crippen LogP contribution is -1.91. The summed E-state index contributed by atoms with van der Waals surface area (Å²) in [7, 11) is 0. The van der Waals surface area contributed by atoms with Crippen LogP contribution >= 0.6 is 94.1 Å². The Morgan fingerprint density at radius 1 is 0.214 bits per heavy atom. The third-order valence-electron chi connectivity index (χ3n) is 6.58. The molecule has 8 rings (SSSR count). The Morgan fingerprint density at radius 2 is 0.405 bits per heavy atom. The van der Waals surface area contributed by atoms with Gasteiger partial charge >= 0.3 is 0 Å². The van der Waals surface area contributed by atoms with E-state index in [1.54, 1.807) is 0 Å². The molecule has 0 unspecified atom stereocenters. The van der Waals surface area contributed by atoms with Gasteiger partial charge in [-0.15, -0.1) is 0 Å². The zero-order valence-corrected chi connectivity index (χ0v) is 28.3. The Bertz CT molecular complexity index is 1570. The molecule has 4 aromatic carbocycles. The van der Waals surface area contributed by atoms with E-state index in [1.165, 1.54) is 67.3 Å². The summed E-state index contributed by atoms with van der Waals surface area (Å²) in [6.45, 7) is 0. The van der Waals surface area contributed by atoms with Crippen LogP contribution in [0.2, 0.25) is 0 Å². The van der Waals surface area contributed by atoms with Crippen molar-refractivity contribution in [3.05, 3.63) is 169 Å². The molecule has 4 aliphatic rings. The van der Waals surface area contributed by atoms with Crippen molar-refractivity contribution in [2.75, 3.05) is 0 Å². The van der Waals surface area contributed by atoms with Crippen molar-refractivity contribution >= 4 is 114 Å². The van der Waals surface area contributed by atoms with Gasteiger partial charge in [0.25, 0.3) is 0 Å². The molecule has 0 radical (unpaired) electrons. The van der Waals surface area contributed by atoms with E-state index in [0.29, 0.717) is 0 Å². The Morgan fingerprint density at radius 3 is 0.619 bits per heavy atom. The number of benzene rings is 4. The zero-order valence-electron chi connectivity index (χ0n) is 21.8. The second-order valence-electron chi connectivity index (χ2n) is 9.32. The van der Waals surface area contributed by atoms with Crippen molar-refractivity contribution < 1.29 is 0 Å². The molecule has 0 aromatic heterocycles. The van der Waals surface area contributed by atoms with Crippen molar-refractivity contribution in [2.24, 2.45) is 0 Å². The van der Waals surface area contributed by atoms with E-state index >= 15 is 0 Å². The average molecular weight is 685 g/mol. The molecule has 4 heterocycles. The smallest absolute Gasteiger partial charge is 0.0718 e. The Balaban J connectivity index is 1.07. The van der Waals surface area contributed by atoms with E-state index in [4.69, 9.17) is 0 Å². The predicted molar refractivity (Wildman–Crippen MR) is 201 cm³/mol. The summed E-state index contributed by atoms with van der Waals surface area (Å²) in [6, 6.07) is 43.4. The second kappa shape index (κ2) is 12.4. The highest BCUT2D eigenvalue weighted by molar-refractivity contribution is 8.48. The fraction of sp³-hybridized carbons (Fsp3) is 0. The van der Waals surface area contributed by atoms with Gasteiger partial charge in [0.1, 0.15) is 0 Å². The predicted octanol–water partition coefficient (Wildman–Crippen LogP) is 13.3. The van der Waals surface area contributed by atoms with Crippen LogP contribution in [0, 0.1) is 0 Å². The molecule has 0 saturated carbocycles. The van der Waals surface area contributed by atoms with E-state index in [1.807, 2.05) is 94.1 Å². The molecule has 0 spiro atoms. The maximum Gasteiger partial charge on any atom is 0.0718 e. The van der Waals surface area contributed by atoms with Gasteiger partial charge in [0.15, 0.2) is 0 Å². The van der Waals surface area contributed by atoms with Crippen LogP contribution in [-0.4, -0.2) is 0 Å². The van der Waals surface area contributed by atoms with Crippen molar-refractivity contribution in [3.8, 4) is 0 Å². The number of hydrogen-bond acceptors (Lipinski definition) is 8. The molecule has 0 bridgehead atoms. The SMILES string of the molecule is c1ccc(C2=C(c3ccccc3)SC3=C(SC(=C4SC5=C(S4)SC(c4ccccc4)=C(c4ccccc4)S5)S3)S2)cc1. The van der Waals surface area contributed by atoms with Gasteiger partial charge in [0, 0.05) is 19.6 Å². The van der Waals surface area contributed by atoms with E-state index in [9.17, 15) is 0 Å². The van der Waals surface area contributed by atoms with Crippen molar-refractivity contribution in [1.29, 1.82) is 0 Å². The maximum atomic E-state index is 2.24. The quantitative estimate of drug-likeness (QED) is 0.206. The van der Waals surface area contributed by atoms with E-state index in [0.717, 1.165) is 0 Å². The topological polar surface area (TPSA) is 0 Å². The Kier molecular flexibility index (Phi) is 8.24. The molecular weight excluding hydrogens is 665 g/mol. The molecule has 0 N–H and O–H groups in total. The highest BCUT2D eigenvalue weighted by Crippen LogP contribution is 2.72. The molecule has 0 saturated heterocycles. The maximum absolute atomic E-state index is 2.24. The summed E-state index contributed by atoms with van der Waals surface area (Å²) >= 11 is 15.6. The molecule has 4 aromatic rings. The minimum Gasteiger partial charge on any atom is -0.0791 e. The molecular formula is C34H20S8. The Hall–Kier alpha value is -1.62. The summed E-state index contributed by atoms with van der Waals surface area (Å²) in [4.78, 5) is 5.41. The van der Waals surface area contributed by atoms with Crippen LogP contribution in [-0.2, 0) is 0 Å². The normalized spacial score (nSPS) is 18.7. The van der Waals surface area contributed by atoms with Crippen LogP contribution in [0.1, 0.15) is 22.3 Å². The van der Waals surface area contributed by atoms with Gasteiger partial charge in [0.2, 0.25) is 0 Å². The number of rotatable bonds is 4. The highest BCUT2D eigenvalue weighted by Gasteiger charge is 2.37. The minimum atomic E-state index is 1.29. The summed E-state index contributed by atoms with van der Waals surface area (Å²) in [5.74, 6) is 0. The van der Waals surface area contributed by atoms with Crippen molar-refractivity contribution in [2.45, 2.75) is 0 Å². The molecule has 42 heavy (non-hydrogen) atoms. The van der Waals surface area contributed by atoms with Gasteiger partial charge < -0.3 is 0 Å². The largest absolute Gasteiger partial charge is 0.0791 e. The van der Waals surface area contributed by atoms with Gasteiger partial charge in [-0.1, -0.05) is 215 Å². The van der Waals surface area contributed by atoms with Crippen LogP contribution in [0.5, 0.6) is 0 Å². The monoisotopic (exact) mass is 684 g/mol. The molecule has 0 aliphatic carbocycles. The summed E-state index contributed by atoms with van der Waals surface area (Å²) < 4.78 is 8.46. The second-order valence-corrected chi connectivity index (χ2v) is 19.0. The molecule has 0 amide bonds. The molecule has 0 nitrogen and oxygen atoms in total. The molecule has 0 atom stereocenters. The van der Waals surface area contributed by atoms with E-state index in [2.05, 4.69) is 121 Å². The van der Waals surface area contributed by atoms with Crippen LogP contribution in [0.3, 0.4) is 0 Å². The van der Waals surface area contributed by atoms with E-state index < -0.39 is 0 Å². The molecule has 8 heteroatoms. The molecule has 0 fully saturated rings. The summed E-state index contributed by atoms with van der Waals surface area (Å²) in [5, 5.41) is 0. The van der Waals surface area contributed by atoms with Crippen LogP contribution in [0.4, 0.5) is 0 Å². The zero-order chi connectivity index (χ0) is 27.9. The first-order chi connectivity index (χ1) is 20.8. The van der Waals surface area contributed by atoms with Crippen LogP contribution in [0.15, 0.2) is 147 Å². The third kappa shape index (κ3) is 5.54. The minimum absolute atomic E-state index is 1.29. The highest BCUT2D eigenvalue weighted by atomic mass is 32.3. The Labute approximate surface area is 280 Å². The molecule has 4 aliphatic heterocycles. The summed E-state index contributed by atoms with van der Waals surface area (Å²) in [5.41, 5.74) is 5.15. The van der Waals surface area contributed by atoms with Gasteiger partial charge in [-0.2, -0.15) is 0 Å². The number of thioether (sulfide) groups is 8. The molecule has 204 valence electrons. The third-order valence-corrected chi connectivity index (χ3v) is 18.6. The lowest BCUT2D eigenvalue weighted by Gasteiger charge is -2.20. The lowest BCUT2D eigenvalue weighted by molar-refractivity contribution is 1.63. The van der Waals surface area contributed by atoms with Gasteiger partial charge in [-0.25, -0.2) is 0 Å². The van der Waals surface area contributed by atoms with Gasteiger partial charge in [-0.05, 0) is 22.3 Å². The van der Waals surface area contributed by atoms with Crippen molar-refractivity contribution in [1.82, 2.24) is 0 Å². The summed E-state index contributed by atoms with van der Waals surface area (Å²) in [6.07, 6.45) is 0. The van der Waals surface area contributed by atoms with Gasteiger partial charge in [0.05, 0.1) is 25.4 Å². The average Bonchev–Trinajstić information content (AvgIpc) is 3.69.